The average molecular weight is 255 g/mol. The van der Waals surface area contributed by atoms with Crippen LogP contribution in [-0.4, -0.2) is 22.9 Å². The second-order valence-corrected chi connectivity index (χ2v) is 5.32. The number of carbonyl (C=O) groups is 1. The molecule has 5 heteroatoms. The van der Waals surface area contributed by atoms with Gasteiger partial charge < -0.3 is 5.11 Å². The maximum Gasteiger partial charge on any atom is 0.320 e. The minimum absolute atomic E-state index is 0.0656. The van der Waals surface area contributed by atoms with E-state index in [0.717, 1.165) is 11.3 Å². The second-order valence-electron chi connectivity index (χ2n) is 4.11. The van der Waals surface area contributed by atoms with E-state index in [1.165, 1.54) is 6.07 Å². The third-order valence-corrected chi connectivity index (χ3v) is 4.04. The molecule has 1 fully saturated rings. The molecule has 1 heterocycles. The fourth-order valence-electron chi connectivity index (χ4n) is 1.84. The SMILES string of the molecule is Cc1cc(C2NC(C(=O)O)CCS2)ccc1F. The van der Waals surface area contributed by atoms with Gasteiger partial charge in [-0.15, -0.1) is 11.8 Å². The summed E-state index contributed by atoms with van der Waals surface area (Å²) in [7, 11) is 0. The lowest BCUT2D eigenvalue weighted by molar-refractivity contribution is -0.139. The highest BCUT2D eigenvalue weighted by atomic mass is 32.2. The van der Waals surface area contributed by atoms with Gasteiger partial charge in [0, 0.05) is 0 Å². The predicted octanol–water partition coefficient (Wildman–Crippen LogP) is 2.31. The van der Waals surface area contributed by atoms with Crippen LogP contribution in [0.4, 0.5) is 4.39 Å². The Bertz CT molecular complexity index is 439. The van der Waals surface area contributed by atoms with E-state index < -0.39 is 12.0 Å². The zero-order valence-corrected chi connectivity index (χ0v) is 10.3. The average Bonchev–Trinajstić information content (AvgIpc) is 2.33. The van der Waals surface area contributed by atoms with E-state index >= 15 is 0 Å². The van der Waals surface area contributed by atoms with E-state index in [4.69, 9.17) is 5.11 Å². The number of carboxylic acid groups (broad SMARTS) is 1. The molecule has 1 aromatic rings. The zero-order valence-electron chi connectivity index (χ0n) is 9.44. The lowest BCUT2D eigenvalue weighted by Crippen LogP contribution is -2.41. The summed E-state index contributed by atoms with van der Waals surface area (Å²) in [5.74, 6) is -0.260. The van der Waals surface area contributed by atoms with Crippen LogP contribution in [0, 0.1) is 12.7 Å². The van der Waals surface area contributed by atoms with E-state index in [1.54, 1.807) is 30.8 Å². The summed E-state index contributed by atoms with van der Waals surface area (Å²) in [4.78, 5) is 10.9. The van der Waals surface area contributed by atoms with Crippen LogP contribution >= 0.6 is 11.8 Å². The third-order valence-electron chi connectivity index (χ3n) is 2.83. The van der Waals surface area contributed by atoms with Crippen molar-refractivity contribution >= 4 is 17.7 Å². The monoisotopic (exact) mass is 255 g/mol. The molecule has 1 saturated heterocycles. The molecule has 3 nitrogen and oxygen atoms in total. The summed E-state index contributed by atoms with van der Waals surface area (Å²) in [5.41, 5.74) is 1.52. The number of rotatable bonds is 2. The molecule has 2 rings (SSSR count). The van der Waals surface area contributed by atoms with Gasteiger partial charge in [0.1, 0.15) is 11.9 Å². The van der Waals surface area contributed by atoms with Gasteiger partial charge in [0.05, 0.1) is 5.37 Å². The van der Waals surface area contributed by atoms with E-state index in [2.05, 4.69) is 5.32 Å². The molecule has 0 spiro atoms. The molecule has 1 aromatic carbocycles. The van der Waals surface area contributed by atoms with Gasteiger partial charge in [-0.1, -0.05) is 12.1 Å². The zero-order chi connectivity index (χ0) is 12.4. The number of carboxylic acids is 1. The molecule has 92 valence electrons. The third kappa shape index (κ3) is 2.79. The van der Waals surface area contributed by atoms with Crippen LogP contribution in [0.5, 0.6) is 0 Å². The molecular weight excluding hydrogens is 241 g/mol. The first kappa shape index (κ1) is 12.4. The molecular formula is C12H14FNO2S. The van der Waals surface area contributed by atoms with Crippen LogP contribution in [0.15, 0.2) is 18.2 Å². The van der Waals surface area contributed by atoms with Crippen LogP contribution in [-0.2, 0) is 4.79 Å². The molecule has 0 saturated carbocycles. The van der Waals surface area contributed by atoms with Gasteiger partial charge in [-0.3, -0.25) is 10.1 Å². The van der Waals surface area contributed by atoms with Gasteiger partial charge in [0.25, 0.3) is 0 Å². The van der Waals surface area contributed by atoms with Crippen molar-refractivity contribution in [3.8, 4) is 0 Å². The number of halogens is 1. The molecule has 2 unspecified atom stereocenters. The van der Waals surface area contributed by atoms with E-state index in [-0.39, 0.29) is 11.2 Å². The van der Waals surface area contributed by atoms with Crippen LogP contribution in [0.2, 0.25) is 0 Å². The lowest BCUT2D eigenvalue weighted by atomic mass is 10.1. The number of aryl methyl sites for hydroxylation is 1. The Balaban J connectivity index is 2.16. The molecule has 2 atom stereocenters. The summed E-state index contributed by atoms with van der Waals surface area (Å²) in [5, 5.41) is 12.0. The maximum atomic E-state index is 13.1. The summed E-state index contributed by atoms with van der Waals surface area (Å²) in [6.45, 7) is 1.71. The maximum absolute atomic E-state index is 13.1. The van der Waals surface area contributed by atoms with Crippen molar-refractivity contribution in [1.29, 1.82) is 0 Å². The van der Waals surface area contributed by atoms with E-state index in [1.807, 2.05) is 0 Å². The largest absolute Gasteiger partial charge is 0.480 e. The molecule has 1 aliphatic heterocycles. The van der Waals surface area contributed by atoms with Gasteiger partial charge in [0.2, 0.25) is 0 Å². The van der Waals surface area contributed by atoms with E-state index in [0.29, 0.717) is 12.0 Å². The number of hydrogen-bond donors (Lipinski definition) is 2. The van der Waals surface area contributed by atoms with E-state index in [9.17, 15) is 9.18 Å². The first-order valence-electron chi connectivity index (χ1n) is 5.44. The Labute approximate surface area is 103 Å². The summed E-state index contributed by atoms with van der Waals surface area (Å²) >= 11 is 1.66. The number of aliphatic carboxylic acids is 1. The van der Waals surface area contributed by atoms with Crippen molar-refractivity contribution in [3.63, 3.8) is 0 Å². The first-order valence-corrected chi connectivity index (χ1v) is 6.49. The highest BCUT2D eigenvalue weighted by Gasteiger charge is 2.27. The van der Waals surface area contributed by atoms with Crippen molar-refractivity contribution in [2.45, 2.75) is 24.8 Å². The summed E-state index contributed by atoms with van der Waals surface area (Å²) in [6, 6.07) is 4.39. The highest BCUT2D eigenvalue weighted by molar-refractivity contribution is 7.99. The van der Waals surface area contributed by atoms with Crippen molar-refractivity contribution in [1.82, 2.24) is 5.32 Å². The normalized spacial score (nSPS) is 24.6. The van der Waals surface area contributed by atoms with Crippen molar-refractivity contribution < 1.29 is 14.3 Å². The highest BCUT2D eigenvalue weighted by Crippen LogP contribution is 2.32. The smallest absolute Gasteiger partial charge is 0.320 e. The van der Waals surface area contributed by atoms with Crippen LogP contribution in [0.25, 0.3) is 0 Å². The molecule has 0 aliphatic carbocycles. The molecule has 0 radical (unpaired) electrons. The number of nitrogens with one attached hydrogen (secondary N) is 1. The summed E-state index contributed by atoms with van der Waals surface area (Å²) in [6.07, 6.45) is 0.622. The topological polar surface area (TPSA) is 49.3 Å². The van der Waals surface area contributed by atoms with Gasteiger partial charge >= 0.3 is 5.97 Å². The standard InChI is InChI=1S/C12H14FNO2S/c1-7-6-8(2-3-9(7)13)11-14-10(12(15)16)4-5-17-11/h2-3,6,10-11,14H,4-5H2,1H3,(H,15,16). The second kappa shape index (κ2) is 5.06. The molecule has 2 N–H and O–H groups in total. The Morgan fingerprint density at radius 3 is 3.00 bits per heavy atom. The predicted molar refractivity (Wildman–Crippen MR) is 65.5 cm³/mol. The Morgan fingerprint density at radius 1 is 1.59 bits per heavy atom. The van der Waals surface area contributed by atoms with Gasteiger partial charge in [-0.2, -0.15) is 0 Å². The minimum Gasteiger partial charge on any atom is -0.480 e. The summed E-state index contributed by atoms with van der Waals surface area (Å²) < 4.78 is 13.1. The van der Waals surface area contributed by atoms with Crippen LogP contribution in [0.1, 0.15) is 22.9 Å². The Morgan fingerprint density at radius 2 is 2.35 bits per heavy atom. The Hall–Kier alpha value is -1.07. The van der Waals surface area contributed by atoms with Crippen molar-refractivity contribution in [2.75, 3.05) is 5.75 Å². The quantitative estimate of drug-likeness (QED) is 0.851. The fourth-order valence-corrected chi connectivity index (χ4v) is 3.04. The molecule has 1 aliphatic rings. The molecule has 0 bridgehead atoms. The van der Waals surface area contributed by atoms with Crippen molar-refractivity contribution in [3.05, 3.63) is 35.1 Å². The van der Waals surface area contributed by atoms with Gasteiger partial charge in [0.15, 0.2) is 0 Å². The first-order chi connectivity index (χ1) is 8.08. The van der Waals surface area contributed by atoms with Gasteiger partial charge in [-0.25, -0.2) is 4.39 Å². The molecule has 17 heavy (non-hydrogen) atoms. The van der Waals surface area contributed by atoms with Crippen molar-refractivity contribution in [2.24, 2.45) is 0 Å². The fraction of sp³-hybridized carbons (Fsp3) is 0.417. The van der Waals surface area contributed by atoms with Crippen LogP contribution in [0.3, 0.4) is 0 Å². The lowest BCUT2D eigenvalue weighted by Gasteiger charge is -2.28. The number of benzene rings is 1. The molecule has 0 amide bonds. The minimum atomic E-state index is -0.825. The van der Waals surface area contributed by atoms with Gasteiger partial charge in [-0.05, 0) is 36.3 Å². The van der Waals surface area contributed by atoms with Crippen LogP contribution < -0.4 is 5.32 Å². The Kier molecular flexibility index (Phi) is 3.69. The number of hydrogen-bond acceptors (Lipinski definition) is 3. The number of thioether (sulfide) groups is 1. The molecule has 0 aromatic heterocycles.